The van der Waals surface area contributed by atoms with Gasteiger partial charge in [0.25, 0.3) is 0 Å². The van der Waals surface area contributed by atoms with Crippen molar-refractivity contribution in [3.8, 4) is 0 Å². The minimum Gasteiger partial charge on any atom is -0.359 e. The van der Waals surface area contributed by atoms with E-state index in [9.17, 15) is 9.59 Å². The van der Waals surface area contributed by atoms with Crippen LogP contribution in [-0.4, -0.2) is 24.3 Å². The lowest BCUT2D eigenvalue weighted by molar-refractivity contribution is -0.115. The van der Waals surface area contributed by atoms with Gasteiger partial charge in [0.1, 0.15) is 0 Å². The van der Waals surface area contributed by atoms with Crippen molar-refractivity contribution in [1.29, 1.82) is 0 Å². The number of ketones is 1. The number of benzene rings is 2. The van der Waals surface area contributed by atoms with E-state index in [4.69, 9.17) is 0 Å². The van der Waals surface area contributed by atoms with Gasteiger partial charge in [0.15, 0.2) is 5.78 Å². The number of nitrogens with one attached hydrogen (secondary N) is 1. The summed E-state index contributed by atoms with van der Waals surface area (Å²) < 4.78 is 0. The van der Waals surface area contributed by atoms with Crippen molar-refractivity contribution < 1.29 is 9.59 Å². The standard InChI is InChI=1S/C19H20N2O2/c1-13-11-15-7-3-6-10-18(15)21(13)12-19(23)20-17-9-5-4-8-16(17)14(2)22/h3-10,13H,11-12H2,1-2H3,(H,20,23). The maximum atomic E-state index is 12.4. The molecule has 118 valence electrons. The third kappa shape index (κ3) is 3.11. The highest BCUT2D eigenvalue weighted by Crippen LogP contribution is 2.31. The molecular weight excluding hydrogens is 288 g/mol. The van der Waals surface area contributed by atoms with E-state index in [1.165, 1.54) is 12.5 Å². The molecule has 0 aliphatic carbocycles. The number of amides is 1. The number of carbonyl (C=O) groups excluding carboxylic acids is 2. The Balaban J connectivity index is 1.75. The molecule has 0 saturated carbocycles. The molecule has 2 aromatic carbocycles. The molecule has 1 aliphatic rings. The zero-order chi connectivity index (χ0) is 16.4. The number of carbonyl (C=O) groups is 2. The molecule has 1 N–H and O–H groups in total. The fourth-order valence-corrected chi connectivity index (χ4v) is 3.11. The first-order chi connectivity index (χ1) is 11.1. The van der Waals surface area contributed by atoms with Gasteiger partial charge in [0, 0.05) is 17.3 Å². The van der Waals surface area contributed by atoms with Crippen LogP contribution in [0.4, 0.5) is 11.4 Å². The fourth-order valence-electron chi connectivity index (χ4n) is 3.11. The normalized spacial score (nSPS) is 16.1. The Morgan fingerprint density at radius 3 is 2.61 bits per heavy atom. The first-order valence-electron chi connectivity index (χ1n) is 7.80. The summed E-state index contributed by atoms with van der Waals surface area (Å²) in [6, 6.07) is 15.6. The molecule has 0 fully saturated rings. The summed E-state index contributed by atoms with van der Waals surface area (Å²) in [6.45, 7) is 3.91. The molecule has 1 amide bonds. The van der Waals surface area contributed by atoms with Gasteiger partial charge in [-0.05, 0) is 44.0 Å². The maximum Gasteiger partial charge on any atom is 0.243 e. The average molecular weight is 308 g/mol. The van der Waals surface area contributed by atoms with Gasteiger partial charge in [-0.2, -0.15) is 0 Å². The molecule has 1 aliphatic heterocycles. The van der Waals surface area contributed by atoms with Crippen molar-refractivity contribution in [2.45, 2.75) is 26.3 Å². The van der Waals surface area contributed by atoms with E-state index in [2.05, 4.69) is 29.3 Å². The second kappa shape index (κ2) is 6.24. The van der Waals surface area contributed by atoms with Gasteiger partial charge in [0.05, 0.1) is 12.2 Å². The first kappa shape index (κ1) is 15.3. The minimum absolute atomic E-state index is 0.0548. The number of hydrogen-bond acceptors (Lipinski definition) is 3. The second-order valence-corrected chi connectivity index (χ2v) is 5.96. The van der Waals surface area contributed by atoms with Crippen LogP contribution in [0.1, 0.15) is 29.8 Å². The number of anilines is 2. The molecule has 2 aromatic rings. The Kier molecular flexibility index (Phi) is 4.15. The smallest absolute Gasteiger partial charge is 0.243 e. The van der Waals surface area contributed by atoms with Gasteiger partial charge in [0.2, 0.25) is 5.91 Å². The summed E-state index contributed by atoms with van der Waals surface area (Å²) in [7, 11) is 0. The second-order valence-electron chi connectivity index (χ2n) is 5.96. The van der Waals surface area contributed by atoms with Crippen molar-refractivity contribution in [3.63, 3.8) is 0 Å². The molecule has 0 saturated heterocycles. The predicted molar refractivity (Wildman–Crippen MR) is 92.0 cm³/mol. The number of para-hydroxylation sites is 2. The lowest BCUT2D eigenvalue weighted by Crippen LogP contribution is -2.37. The van der Waals surface area contributed by atoms with Crippen molar-refractivity contribution in [2.24, 2.45) is 0 Å². The molecule has 4 heteroatoms. The molecule has 3 rings (SSSR count). The lowest BCUT2D eigenvalue weighted by atomic mass is 10.1. The van der Waals surface area contributed by atoms with E-state index < -0.39 is 0 Å². The van der Waals surface area contributed by atoms with Crippen molar-refractivity contribution in [1.82, 2.24) is 0 Å². The summed E-state index contributed by atoms with van der Waals surface area (Å²) >= 11 is 0. The molecular formula is C19H20N2O2. The van der Waals surface area contributed by atoms with Crippen molar-refractivity contribution in [3.05, 3.63) is 59.7 Å². The number of nitrogens with zero attached hydrogens (tertiary/aromatic N) is 1. The molecule has 1 unspecified atom stereocenters. The van der Waals surface area contributed by atoms with Crippen LogP contribution in [0.15, 0.2) is 48.5 Å². The third-order valence-corrected chi connectivity index (χ3v) is 4.24. The van der Waals surface area contributed by atoms with Gasteiger partial charge in [-0.25, -0.2) is 0 Å². The Morgan fingerprint density at radius 1 is 1.13 bits per heavy atom. The van der Waals surface area contributed by atoms with Gasteiger partial charge in [-0.3, -0.25) is 9.59 Å². The molecule has 0 spiro atoms. The Bertz CT molecular complexity index is 755. The summed E-state index contributed by atoms with van der Waals surface area (Å²) in [5.74, 6) is -0.164. The molecule has 0 bridgehead atoms. The molecule has 0 radical (unpaired) electrons. The van der Waals surface area contributed by atoms with Gasteiger partial charge in [-0.1, -0.05) is 30.3 Å². The average Bonchev–Trinajstić information content (AvgIpc) is 2.83. The number of rotatable bonds is 4. The number of fused-ring (bicyclic) bond motifs is 1. The van der Waals surface area contributed by atoms with Crippen LogP contribution in [0, 0.1) is 0 Å². The SMILES string of the molecule is CC(=O)c1ccccc1NC(=O)CN1c2ccccc2CC1C. The van der Waals surface area contributed by atoms with E-state index in [-0.39, 0.29) is 18.2 Å². The van der Waals surface area contributed by atoms with Crippen LogP contribution >= 0.6 is 0 Å². The van der Waals surface area contributed by atoms with Gasteiger partial charge in [-0.15, -0.1) is 0 Å². The van der Waals surface area contributed by atoms with E-state index in [0.717, 1.165) is 12.1 Å². The quantitative estimate of drug-likeness (QED) is 0.882. The van der Waals surface area contributed by atoms with E-state index >= 15 is 0 Å². The van der Waals surface area contributed by atoms with E-state index in [1.54, 1.807) is 18.2 Å². The van der Waals surface area contributed by atoms with Crippen LogP contribution in [0.2, 0.25) is 0 Å². The first-order valence-corrected chi connectivity index (χ1v) is 7.80. The van der Waals surface area contributed by atoms with Crippen molar-refractivity contribution >= 4 is 23.1 Å². The Morgan fingerprint density at radius 2 is 1.83 bits per heavy atom. The fraction of sp³-hybridized carbons (Fsp3) is 0.263. The summed E-state index contributed by atoms with van der Waals surface area (Å²) in [5.41, 5.74) is 3.51. The monoisotopic (exact) mass is 308 g/mol. The Hall–Kier alpha value is -2.62. The summed E-state index contributed by atoms with van der Waals surface area (Å²) in [4.78, 5) is 26.2. The van der Waals surface area contributed by atoms with E-state index in [1.807, 2.05) is 18.2 Å². The van der Waals surface area contributed by atoms with E-state index in [0.29, 0.717) is 17.3 Å². The molecule has 4 nitrogen and oxygen atoms in total. The summed E-state index contributed by atoms with van der Waals surface area (Å²) in [6.07, 6.45) is 0.952. The minimum atomic E-state index is -0.109. The topological polar surface area (TPSA) is 49.4 Å². The van der Waals surface area contributed by atoms with Gasteiger partial charge >= 0.3 is 0 Å². The largest absolute Gasteiger partial charge is 0.359 e. The highest BCUT2D eigenvalue weighted by Gasteiger charge is 2.27. The predicted octanol–water partition coefficient (Wildman–Crippen LogP) is 3.28. The van der Waals surface area contributed by atoms with Gasteiger partial charge < -0.3 is 10.2 Å². The molecule has 1 heterocycles. The molecule has 1 atom stereocenters. The summed E-state index contributed by atoms with van der Waals surface area (Å²) in [5, 5.41) is 2.87. The Labute approximate surface area is 136 Å². The maximum absolute atomic E-state index is 12.4. The highest BCUT2D eigenvalue weighted by atomic mass is 16.2. The van der Waals surface area contributed by atoms with Crippen LogP contribution < -0.4 is 10.2 Å². The zero-order valence-corrected chi connectivity index (χ0v) is 13.4. The van der Waals surface area contributed by atoms with Crippen molar-refractivity contribution in [2.75, 3.05) is 16.8 Å². The zero-order valence-electron chi connectivity index (χ0n) is 13.4. The number of hydrogen-bond donors (Lipinski definition) is 1. The third-order valence-electron chi connectivity index (χ3n) is 4.24. The van der Waals surface area contributed by atoms with Crippen LogP contribution in [-0.2, 0) is 11.2 Å². The molecule has 0 aromatic heterocycles. The van der Waals surface area contributed by atoms with Crippen LogP contribution in [0.5, 0.6) is 0 Å². The lowest BCUT2D eigenvalue weighted by Gasteiger charge is -2.24. The number of Topliss-reactive ketones (excluding diaryl/α,β-unsaturated/α-hetero) is 1. The highest BCUT2D eigenvalue weighted by molar-refractivity contribution is 6.04. The van der Waals surface area contributed by atoms with Crippen LogP contribution in [0.3, 0.4) is 0 Å². The molecule has 23 heavy (non-hydrogen) atoms. The van der Waals surface area contributed by atoms with Crippen LogP contribution in [0.25, 0.3) is 0 Å².